The normalized spacial score (nSPS) is 45.4. The van der Waals surface area contributed by atoms with Crippen molar-refractivity contribution in [2.45, 2.75) is 105 Å². The molecular formula is C27H44O2. The number of hydrogen-bond acceptors (Lipinski definition) is 2. The van der Waals surface area contributed by atoms with E-state index in [2.05, 4.69) is 40.7 Å². The lowest BCUT2D eigenvalue weighted by molar-refractivity contribution is -0.132. The van der Waals surface area contributed by atoms with Crippen LogP contribution in [-0.4, -0.2) is 17.0 Å². The van der Waals surface area contributed by atoms with Crippen molar-refractivity contribution >= 4 is 5.78 Å². The van der Waals surface area contributed by atoms with Crippen LogP contribution >= 0.6 is 0 Å². The van der Waals surface area contributed by atoms with E-state index < -0.39 is 0 Å². The maximum Gasteiger partial charge on any atom is 0.159 e. The van der Waals surface area contributed by atoms with Crippen molar-refractivity contribution in [1.82, 2.24) is 0 Å². The van der Waals surface area contributed by atoms with Crippen molar-refractivity contribution in [3.05, 3.63) is 11.6 Å². The van der Waals surface area contributed by atoms with Crippen LogP contribution < -0.4 is 0 Å². The number of hydrogen-bond donors (Lipinski definition) is 1. The lowest BCUT2D eigenvalue weighted by Gasteiger charge is -2.57. The molecule has 0 spiro atoms. The standard InChI is InChI=1S/C27H44O2/c1-17(2)7-6-8-18(3)21-9-10-22-20-16-25(29)24-15-19(28)11-13-27(24,5)23(20)12-14-26(21,22)4/h16-19,21-24,28H,6-15H2,1-5H3/t18-,19+,21-,22+,23+,24+,26-,27-/m1/s1. The van der Waals surface area contributed by atoms with Gasteiger partial charge in [-0.2, -0.15) is 0 Å². The number of fused-ring (bicyclic) bond motifs is 5. The first-order valence-corrected chi connectivity index (χ1v) is 12.6. The zero-order chi connectivity index (χ0) is 21.0. The Hall–Kier alpha value is -0.630. The van der Waals surface area contributed by atoms with Gasteiger partial charge in [0, 0.05) is 5.92 Å². The molecule has 4 rings (SSSR count). The van der Waals surface area contributed by atoms with Gasteiger partial charge in [0.1, 0.15) is 0 Å². The van der Waals surface area contributed by atoms with Crippen LogP contribution in [0.25, 0.3) is 0 Å². The molecule has 8 atom stereocenters. The van der Waals surface area contributed by atoms with E-state index in [1.807, 2.05) is 0 Å². The number of aliphatic hydroxyl groups is 1. The molecule has 0 unspecified atom stereocenters. The van der Waals surface area contributed by atoms with E-state index in [0.29, 0.717) is 29.5 Å². The fraction of sp³-hybridized carbons (Fsp3) is 0.889. The van der Waals surface area contributed by atoms with Gasteiger partial charge in [0.25, 0.3) is 0 Å². The average Bonchev–Trinajstić information content (AvgIpc) is 3.00. The predicted octanol–water partition coefficient (Wildman–Crippen LogP) is 6.57. The first kappa shape index (κ1) is 21.6. The second kappa shape index (κ2) is 7.81. The summed E-state index contributed by atoms with van der Waals surface area (Å²) in [7, 11) is 0. The van der Waals surface area contributed by atoms with E-state index in [1.165, 1.54) is 50.5 Å². The van der Waals surface area contributed by atoms with Gasteiger partial charge in [-0.3, -0.25) is 4.79 Å². The van der Waals surface area contributed by atoms with Crippen molar-refractivity contribution < 1.29 is 9.90 Å². The predicted molar refractivity (Wildman–Crippen MR) is 119 cm³/mol. The molecule has 0 heterocycles. The summed E-state index contributed by atoms with van der Waals surface area (Å²) in [5, 5.41) is 10.2. The van der Waals surface area contributed by atoms with Crippen LogP contribution in [0.3, 0.4) is 0 Å². The molecule has 0 aromatic rings. The van der Waals surface area contributed by atoms with Crippen LogP contribution in [0.1, 0.15) is 98.8 Å². The molecule has 0 aliphatic heterocycles. The van der Waals surface area contributed by atoms with Crippen molar-refractivity contribution in [3.63, 3.8) is 0 Å². The molecule has 0 radical (unpaired) electrons. The van der Waals surface area contributed by atoms with Gasteiger partial charge in [0.15, 0.2) is 5.78 Å². The van der Waals surface area contributed by atoms with Crippen molar-refractivity contribution in [1.29, 1.82) is 0 Å². The minimum absolute atomic E-state index is 0.0523. The van der Waals surface area contributed by atoms with Gasteiger partial charge in [-0.25, -0.2) is 0 Å². The topological polar surface area (TPSA) is 37.3 Å². The summed E-state index contributed by atoms with van der Waals surface area (Å²) in [6, 6.07) is 0. The quantitative estimate of drug-likeness (QED) is 0.567. The molecular weight excluding hydrogens is 356 g/mol. The third-order valence-electron chi connectivity index (χ3n) is 10.1. The van der Waals surface area contributed by atoms with Crippen LogP contribution in [0, 0.1) is 46.3 Å². The molecule has 2 nitrogen and oxygen atoms in total. The highest BCUT2D eigenvalue weighted by molar-refractivity contribution is 5.94. The number of rotatable bonds is 5. The molecule has 2 heteroatoms. The van der Waals surface area contributed by atoms with Crippen molar-refractivity contribution in [2.24, 2.45) is 46.3 Å². The number of carbonyl (C=O) groups is 1. The van der Waals surface area contributed by atoms with Crippen molar-refractivity contribution in [2.75, 3.05) is 0 Å². The Morgan fingerprint density at radius 1 is 0.966 bits per heavy atom. The second-order valence-electron chi connectivity index (χ2n) is 12.2. The first-order chi connectivity index (χ1) is 13.7. The largest absolute Gasteiger partial charge is 0.393 e. The Labute approximate surface area is 178 Å². The summed E-state index contributed by atoms with van der Waals surface area (Å²) in [6.45, 7) is 12.1. The van der Waals surface area contributed by atoms with Gasteiger partial charge in [0.05, 0.1) is 6.10 Å². The molecule has 3 saturated carbocycles. The average molecular weight is 401 g/mol. The highest BCUT2D eigenvalue weighted by Gasteiger charge is 2.59. The van der Waals surface area contributed by atoms with E-state index in [4.69, 9.17) is 0 Å². The van der Waals surface area contributed by atoms with Crippen LogP contribution in [0.15, 0.2) is 11.6 Å². The van der Waals surface area contributed by atoms with E-state index in [-0.39, 0.29) is 17.4 Å². The lowest BCUT2D eigenvalue weighted by Crippen LogP contribution is -2.52. The molecule has 4 aliphatic rings. The monoisotopic (exact) mass is 400 g/mol. The van der Waals surface area contributed by atoms with Crippen molar-refractivity contribution in [3.8, 4) is 0 Å². The van der Waals surface area contributed by atoms with Gasteiger partial charge in [-0.15, -0.1) is 0 Å². The van der Waals surface area contributed by atoms with Crippen LogP contribution in [0.4, 0.5) is 0 Å². The Morgan fingerprint density at radius 3 is 2.38 bits per heavy atom. The zero-order valence-electron chi connectivity index (χ0n) is 19.5. The molecule has 0 saturated heterocycles. The third kappa shape index (κ3) is 3.56. The van der Waals surface area contributed by atoms with Gasteiger partial charge >= 0.3 is 0 Å². The maximum atomic E-state index is 13.2. The summed E-state index contributed by atoms with van der Waals surface area (Å²) in [5.41, 5.74) is 2.00. The Kier molecular flexibility index (Phi) is 5.82. The highest BCUT2D eigenvalue weighted by Crippen LogP contribution is 2.66. The SMILES string of the molecule is CC(C)CCC[C@@H](C)[C@H]1CC[C@H]2C3=CC(=O)[C@@H]4C[C@@H](O)CC[C@]4(C)[C@H]3CC[C@]12C. The van der Waals surface area contributed by atoms with E-state index in [1.54, 1.807) is 0 Å². The fourth-order valence-electron chi connectivity index (χ4n) is 8.37. The maximum absolute atomic E-state index is 13.2. The van der Waals surface area contributed by atoms with Crippen LogP contribution in [-0.2, 0) is 4.79 Å². The number of aliphatic hydroxyl groups excluding tert-OH is 1. The molecule has 164 valence electrons. The number of allylic oxidation sites excluding steroid dienone is 2. The Bertz CT molecular complexity index is 663. The summed E-state index contributed by atoms with van der Waals surface area (Å²) < 4.78 is 0. The molecule has 4 aliphatic carbocycles. The zero-order valence-corrected chi connectivity index (χ0v) is 19.5. The van der Waals surface area contributed by atoms with E-state index >= 15 is 0 Å². The molecule has 1 N–H and O–H groups in total. The number of ketones is 1. The summed E-state index contributed by atoms with van der Waals surface area (Å²) in [4.78, 5) is 13.2. The minimum atomic E-state index is -0.275. The van der Waals surface area contributed by atoms with E-state index in [0.717, 1.165) is 30.6 Å². The Balaban J connectivity index is 1.55. The molecule has 3 fully saturated rings. The van der Waals surface area contributed by atoms with Crippen LogP contribution in [0.2, 0.25) is 0 Å². The minimum Gasteiger partial charge on any atom is -0.393 e. The summed E-state index contributed by atoms with van der Waals surface area (Å²) >= 11 is 0. The van der Waals surface area contributed by atoms with Crippen LogP contribution in [0.5, 0.6) is 0 Å². The highest BCUT2D eigenvalue weighted by atomic mass is 16.3. The molecule has 29 heavy (non-hydrogen) atoms. The smallest absolute Gasteiger partial charge is 0.159 e. The first-order valence-electron chi connectivity index (χ1n) is 12.6. The Morgan fingerprint density at radius 2 is 1.66 bits per heavy atom. The van der Waals surface area contributed by atoms with Gasteiger partial charge < -0.3 is 5.11 Å². The molecule has 0 aromatic carbocycles. The lowest BCUT2D eigenvalue weighted by atomic mass is 9.47. The summed E-state index contributed by atoms with van der Waals surface area (Å²) in [6.07, 6.45) is 13.7. The summed E-state index contributed by atoms with van der Waals surface area (Å²) in [5.74, 6) is 4.00. The van der Waals surface area contributed by atoms with Gasteiger partial charge in [0.2, 0.25) is 0 Å². The van der Waals surface area contributed by atoms with Gasteiger partial charge in [-0.05, 0) is 91.4 Å². The third-order valence-corrected chi connectivity index (χ3v) is 10.1. The molecule has 0 bridgehead atoms. The van der Waals surface area contributed by atoms with E-state index in [9.17, 15) is 9.90 Å². The molecule has 0 aromatic heterocycles. The fourth-order valence-corrected chi connectivity index (χ4v) is 8.37. The second-order valence-corrected chi connectivity index (χ2v) is 12.2. The van der Waals surface area contributed by atoms with Gasteiger partial charge in [-0.1, -0.05) is 59.5 Å². The number of carbonyl (C=O) groups excluding carboxylic acids is 1. The molecule has 0 amide bonds.